The van der Waals surface area contributed by atoms with Gasteiger partial charge in [-0.2, -0.15) is 9.61 Å². The summed E-state index contributed by atoms with van der Waals surface area (Å²) in [7, 11) is -2.42. The van der Waals surface area contributed by atoms with E-state index in [0.29, 0.717) is 52.4 Å². The summed E-state index contributed by atoms with van der Waals surface area (Å²) in [5.41, 5.74) is 1.70. The lowest BCUT2D eigenvalue weighted by molar-refractivity contribution is -0.144. The summed E-state index contributed by atoms with van der Waals surface area (Å²) in [6.45, 7) is 18.3. The molecule has 2 aromatic heterocycles. The topological polar surface area (TPSA) is 78.2 Å². The number of hydrogen-bond donors (Lipinski definition) is 0. The van der Waals surface area contributed by atoms with E-state index in [0.717, 1.165) is 29.2 Å². The van der Waals surface area contributed by atoms with Gasteiger partial charge in [-0.1, -0.05) is 39.3 Å². The molecule has 2 aromatic rings. The third-order valence-corrected chi connectivity index (χ3v) is 10.2. The van der Waals surface area contributed by atoms with Crippen molar-refractivity contribution in [2.75, 3.05) is 38.2 Å². The van der Waals surface area contributed by atoms with Crippen LogP contribution in [0.15, 0.2) is 18.3 Å². The Hall–Kier alpha value is -1.76. The van der Waals surface area contributed by atoms with E-state index < -0.39 is 34.4 Å². The van der Waals surface area contributed by atoms with E-state index in [4.69, 9.17) is 21.9 Å². The van der Waals surface area contributed by atoms with Gasteiger partial charge >= 0.3 is 5.97 Å². The van der Waals surface area contributed by atoms with Gasteiger partial charge in [0.2, 0.25) is 0 Å². The average Bonchev–Trinajstić information content (AvgIpc) is 3.35. The molecule has 2 heterocycles. The molecule has 0 radical (unpaired) electrons. The summed E-state index contributed by atoms with van der Waals surface area (Å²) in [5.74, 6) is -0.726. The molecule has 1 unspecified atom stereocenters. The highest BCUT2D eigenvalue weighted by molar-refractivity contribution is 6.76. The molecule has 0 N–H and O–H groups in total. The summed E-state index contributed by atoms with van der Waals surface area (Å²) >= 11 is 0. The molecule has 1 fully saturated rings. The fraction of sp³-hybridized carbons (Fsp3) is 0.750. The van der Waals surface area contributed by atoms with Crippen LogP contribution < -0.4 is 4.90 Å². The van der Waals surface area contributed by atoms with Gasteiger partial charge < -0.3 is 19.1 Å². The maximum atomic E-state index is 12.2. The number of rotatable bonds is 15. The van der Waals surface area contributed by atoms with Crippen molar-refractivity contribution in [1.82, 2.24) is 14.6 Å². The van der Waals surface area contributed by atoms with Crippen molar-refractivity contribution in [2.24, 2.45) is 5.89 Å². The predicted molar refractivity (Wildman–Crippen MR) is 159 cm³/mol. The van der Waals surface area contributed by atoms with Gasteiger partial charge in [0, 0.05) is 62.2 Å². The highest BCUT2D eigenvalue weighted by Gasteiger charge is 2.27. The van der Waals surface area contributed by atoms with Gasteiger partial charge in [0.15, 0.2) is 5.65 Å². The summed E-state index contributed by atoms with van der Waals surface area (Å²) in [6.07, 6.45) is 2.85. The first kappa shape index (κ1) is 27.8. The largest absolute Gasteiger partial charge is 0.466 e. The van der Waals surface area contributed by atoms with E-state index in [1.165, 1.54) is 0 Å². The molecule has 3 rings (SSSR count). The third-order valence-electron chi connectivity index (χ3n) is 6.83. The lowest BCUT2D eigenvalue weighted by Gasteiger charge is -2.30. The van der Waals surface area contributed by atoms with Crippen LogP contribution in [-0.4, -0.2) is 70.0 Å². The summed E-state index contributed by atoms with van der Waals surface area (Å²) in [5, 5.41) is 4.55. The molecule has 0 amide bonds. The second kappa shape index (κ2) is 14.0. The van der Waals surface area contributed by atoms with Crippen molar-refractivity contribution in [3.63, 3.8) is 0 Å². The molecule has 0 aromatic carbocycles. The van der Waals surface area contributed by atoms with Crippen molar-refractivity contribution in [3.8, 4) is 0 Å². The summed E-state index contributed by atoms with van der Waals surface area (Å²) in [4.78, 5) is 19.2. The number of hydrogen-bond acceptors (Lipinski definition) is 7. The number of fused-ring (bicyclic) bond motifs is 1. The average molecular weight is 565 g/mol. The Labute approximate surface area is 234 Å². The first-order valence-corrected chi connectivity index (χ1v) is 21.5. The van der Waals surface area contributed by atoms with Gasteiger partial charge in [0.1, 0.15) is 19.3 Å². The standard InChI is InChI=1S/C28H50N4O4Si2/c1-8-36-28(33)19-23-9-11-24(12-10-23)25-20-27(32-26(30-25)13-14-29-32)31(21-34-15-17-37(2,3)4)22-35-16-18-38(5,6)7/h13-14,20,23-24H,8-12,15-19,21-22H2,1-7H3/i19D,23D. The smallest absolute Gasteiger partial charge is 0.306 e. The van der Waals surface area contributed by atoms with Crippen molar-refractivity contribution < 1.29 is 21.7 Å². The van der Waals surface area contributed by atoms with Crippen LogP contribution in [0.5, 0.6) is 0 Å². The Morgan fingerprint density at radius 3 is 2.24 bits per heavy atom. The molecule has 8 nitrogen and oxygen atoms in total. The molecule has 10 heteroatoms. The minimum atomic E-state index is -1.21. The zero-order chi connectivity index (χ0) is 29.6. The Bertz CT molecular complexity index is 1080. The van der Waals surface area contributed by atoms with Gasteiger partial charge in [-0.15, -0.1) is 0 Å². The molecule has 0 saturated heterocycles. The van der Waals surface area contributed by atoms with Crippen LogP contribution in [0.25, 0.3) is 5.65 Å². The van der Waals surface area contributed by atoms with Crippen LogP contribution in [0.3, 0.4) is 0 Å². The molecule has 38 heavy (non-hydrogen) atoms. The van der Waals surface area contributed by atoms with E-state index in [1.807, 2.05) is 10.6 Å². The lowest BCUT2D eigenvalue weighted by Crippen LogP contribution is -2.33. The zero-order valence-corrected chi connectivity index (χ0v) is 26.6. The van der Waals surface area contributed by atoms with E-state index >= 15 is 0 Å². The zero-order valence-electron chi connectivity index (χ0n) is 26.6. The van der Waals surface area contributed by atoms with Gasteiger partial charge in [-0.05, 0) is 50.6 Å². The monoisotopic (exact) mass is 564 g/mol. The summed E-state index contributed by atoms with van der Waals surface area (Å²) < 4.78 is 36.4. The fourth-order valence-electron chi connectivity index (χ4n) is 4.40. The maximum Gasteiger partial charge on any atom is 0.306 e. The molecular formula is C28H50N4O4Si2. The number of anilines is 1. The van der Waals surface area contributed by atoms with E-state index in [1.54, 1.807) is 13.1 Å². The molecular weight excluding hydrogens is 513 g/mol. The van der Waals surface area contributed by atoms with Crippen molar-refractivity contribution in [2.45, 2.75) is 96.3 Å². The van der Waals surface area contributed by atoms with Crippen molar-refractivity contribution in [1.29, 1.82) is 0 Å². The van der Waals surface area contributed by atoms with E-state index in [9.17, 15) is 4.79 Å². The molecule has 1 aliphatic rings. The van der Waals surface area contributed by atoms with Gasteiger partial charge in [-0.25, -0.2) is 4.98 Å². The van der Waals surface area contributed by atoms with E-state index in [2.05, 4.69) is 55.3 Å². The van der Waals surface area contributed by atoms with Crippen LogP contribution >= 0.6 is 0 Å². The Morgan fingerprint density at radius 2 is 1.68 bits per heavy atom. The van der Waals surface area contributed by atoms with Crippen LogP contribution in [-0.2, 0) is 19.0 Å². The molecule has 0 bridgehead atoms. The third kappa shape index (κ3) is 10.1. The molecule has 1 saturated carbocycles. The van der Waals surface area contributed by atoms with Gasteiger partial charge in [0.25, 0.3) is 0 Å². The molecule has 0 spiro atoms. The Morgan fingerprint density at radius 1 is 1.08 bits per heavy atom. The summed E-state index contributed by atoms with van der Waals surface area (Å²) in [6, 6.07) is 6.17. The maximum absolute atomic E-state index is 12.2. The second-order valence-corrected chi connectivity index (χ2v) is 23.9. The fourth-order valence-corrected chi connectivity index (χ4v) is 5.92. The molecule has 1 aliphatic carbocycles. The number of aromatic nitrogens is 3. The number of esters is 1. The Balaban J connectivity index is 1.79. The SMILES string of the molecule is [2H]C(C(=O)OCC)C1([2H])CCC(c2cc(N(COCC[Si](C)(C)C)COCC[Si](C)(C)C)n3nccc3n2)CC1. The molecule has 0 aliphatic heterocycles. The van der Waals surface area contributed by atoms with E-state index in [-0.39, 0.29) is 12.5 Å². The van der Waals surface area contributed by atoms with Gasteiger partial charge in [0.05, 0.1) is 12.8 Å². The molecule has 214 valence electrons. The number of carbonyl (C=O) groups excluding carboxylic acids is 1. The highest BCUT2D eigenvalue weighted by atomic mass is 28.3. The minimum absolute atomic E-state index is 0.133. The predicted octanol–water partition coefficient (Wildman–Crippen LogP) is 6.39. The van der Waals surface area contributed by atoms with Crippen LogP contribution in [0.2, 0.25) is 51.4 Å². The second-order valence-electron chi connectivity index (χ2n) is 12.7. The number of ether oxygens (including phenoxy) is 3. The number of nitrogens with zero attached hydrogens (tertiary/aromatic N) is 4. The minimum Gasteiger partial charge on any atom is -0.466 e. The van der Waals surface area contributed by atoms with Crippen molar-refractivity contribution >= 4 is 33.6 Å². The van der Waals surface area contributed by atoms with Crippen LogP contribution in [0.4, 0.5) is 5.82 Å². The van der Waals surface area contributed by atoms with Gasteiger partial charge in [-0.3, -0.25) is 4.79 Å². The van der Waals surface area contributed by atoms with Crippen molar-refractivity contribution in [3.05, 3.63) is 24.0 Å². The first-order valence-electron chi connectivity index (χ1n) is 15.1. The lowest BCUT2D eigenvalue weighted by atomic mass is 9.79. The highest BCUT2D eigenvalue weighted by Crippen LogP contribution is 2.37. The Kier molecular flexibility index (Phi) is 10.3. The first-order chi connectivity index (χ1) is 18.7. The number of carbonyl (C=O) groups is 1. The normalized spacial score (nSPS) is 22.1. The van der Waals surface area contributed by atoms with Crippen LogP contribution in [0, 0.1) is 5.89 Å². The quantitative estimate of drug-likeness (QED) is 0.107. The van der Waals surface area contributed by atoms with Crippen LogP contribution in [0.1, 0.15) is 53.4 Å². The molecule has 1 atom stereocenters.